The fourth-order valence-corrected chi connectivity index (χ4v) is 0.842. The van der Waals surface area contributed by atoms with Crippen LogP contribution in [0.2, 0.25) is 0 Å². The third-order valence-electron chi connectivity index (χ3n) is 1.45. The number of aliphatic carboxylic acids is 2. The second-order valence-corrected chi connectivity index (χ2v) is 2.49. The molecule has 74 valence electrons. The van der Waals surface area contributed by atoms with Gasteiger partial charge in [-0.1, -0.05) is 18.2 Å². The van der Waals surface area contributed by atoms with Gasteiger partial charge in [0.25, 0.3) is 6.10 Å². The first-order chi connectivity index (χ1) is 6.61. The summed E-state index contributed by atoms with van der Waals surface area (Å²) in [6, 6.07) is 7.92. The average Bonchev–Trinajstić information content (AvgIpc) is 2.15. The summed E-state index contributed by atoms with van der Waals surface area (Å²) in [5.41, 5.74) is 0. The molecule has 0 saturated carbocycles. The monoisotopic (exact) mass is 196 g/mol. The third kappa shape index (κ3) is 2.48. The molecule has 0 aliphatic heterocycles. The van der Waals surface area contributed by atoms with Crippen molar-refractivity contribution in [3.63, 3.8) is 0 Å². The number of ether oxygens (including phenoxy) is 1. The minimum atomic E-state index is -1.86. The lowest BCUT2D eigenvalue weighted by atomic mass is 10.3. The fraction of sp³-hybridized carbons (Fsp3) is 0.111. The molecule has 0 aromatic heterocycles. The first-order valence-electron chi connectivity index (χ1n) is 3.78. The summed E-state index contributed by atoms with van der Waals surface area (Å²) in [4.78, 5) is 20.9. The van der Waals surface area contributed by atoms with Gasteiger partial charge in [0.1, 0.15) is 5.75 Å². The van der Waals surface area contributed by atoms with E-state index in [1.165, 1.54) is 12.1 Å². The Labute approximate surface area is 79.6 Å². The van der Waals surface area contributed by atoms with E-state index in [4.69, 9.17) is 14.9 Å². The zero-order chi connectivity index (χ0) is 10.6. The Morgan fingerprint density at radius 2 is 1.57 bits per heavy atom. The van der Waals surface area contributed by atoms with Gasteiger partial charge in [0.05, 0.1) is 0 Å². The van der Waals surface area contributed by atoms with Gasteiger partial charge in [0.2, 0.25) is 0 Å². The van der Waals surface area contributed by atoms with Gasteiger partial charge in [-0.2, -0.15) is 0 Å². The summed E-state index contributed by atoms with van der Waals surface area (Å²) in [5, 5.41) is 17.0. The maximum absolute atomic E-state index is 10.4. The van der Waals surface area contributed by atoms with Gasteiger partial charge in [-0.05, 0) is 12.1 Å². The maximum Gasteiger partial charge on any atom is 0.356 e. The standard InChI is InChI=1S/C9H8O5/c10-8(11)7(9(12)13)14-6-4-2-1-3-5-6/h1-5,7H,(H,10,11)(H,12,13). The lowest BCUT2D eigenvalue weighted by molar-refractivity contribution is -0.159. The van der Waals surface area contributed by atoms with E-state index in [0.29, 0.717) is 0 Å². The molecule has 1 aromatic carbocycles. The number of para-hydroxylation sites is 1. The fourth-order valence-electron chi connectivity index (χ4n) is 0.842. The second-order valence-electron chi connectivity index (χ2n) is 2.49. The molecule has 5 nitrogen and oxygen atoms in total. The molecule has 0 aliphatic carbocycles. The topological polar surface area (TPSA) is 83.8 Å². The highest BCUT2D eigenvalue weighted by molar-refractivity contribution is 5.96. The molecule has 5 heteroatoms. The van der Waals surface area contributed by atoms with Crippen molar-refractivity contribution < 1.29 is 24.5 Å². The highest BCUT2D eigenvalue weighted by Crippen LogP contribution is 2.10. The Balaban J connectivity index is 2.75. The molecule has 0 fully saturated rings. The van der Waals surface area contributed by atoms with Crippen molar-refractivity contribution in [2.24, 2.45) is 0 Å². The van der Waals surface area contributed by atoms with Crippen LogP contribution in [0.15, 0.2) is 30.3 Å². The molecule has 0 bridgehead atoms. The molecule has 0 heterocycles. The van der Waals surface area contributed by atoms with E-state index in [9.17, 15) is 9.59 Å². The second kappa shape index (κ2) is 4.27. The highest BCUT2D eigenvalue weighted by atomic mass is 16.5. The van der Waals surface area contributed by atoms with Gasteiger partial charge >= 0.3 is 11.9 Å². The van der Waals surface area contributed by atoms with Crippen LogP contribution in [-0.2, 0) is 9.59 Å². The Morgan fingerprint density at radius 3 is 2.00 bits per heavy atom. The largest absolute Gasteiger partial charge is 0.478 e. The molecule has 0 spiro atoms. The number of carboxylic acid groups (broad SMARTS) is 2. The van der Waals surface area contributed by atoms with Crippen molar-refractivity contribution in [1.82, 2.24) is 0 Å². The molecule has 0 atom stereocenters. The zero-order valence-corrected chi connectivity index (χ0v) is 7.08. The molecule has 0 aliphatic rings. The van der Waals surface area contributed by atoms with Crippen molar-refractivity contribution >= 4 is 11.9 Å². The minimum Gasteiger partial charge on any atom is -0.478 e. The SMILES string of the molecule is O=C(O)C(Oc1ccccc1)C(=O)O. The van der Waals surface area contributed by atoms with E-state index in [1.54, 1.807) is 18.2 Å². The Morgan fingerprint density at radius 1 is 1.07 bits per heavy atom. The summed E-state index contributed by atoms with van der Waals surface area (Å²) in [5.74, 6) is -2.84. The molecule has 2 N–H and O–H groups in total. The molecule has 1 aromatic rings. The molecule has 14 heavy (non-hydrogen) atoms. The van der Waals surface area contributed by atoms with Crippen LogP contribution in [0.3, 0.4) is 0 Å². The van der Waals surface area contributed by atoms with Crippen LogP contribution in [-0.4, -0.2) is 28.3 Å². The van der Waals surface area contributed by atoms with Crippen molar-refractivity contribution in [2.75, 3.05) is 0 Å². The Hall–Kier alpha value is -2.04. The summed E-state index contributed by atoms with van der Waals surface area (Å²) >= 11 is 0. The first kappa shape index (κ1) is 10.0. The summed E-state index contributed by atoms with van der Waals surface area (Å²) < 4.78 is 4.74. The third-order valence-corrected chi connectivity index (χ3v) is 1.45. The summed E-state index contributed by atoms with van der Waals surface area (Å²) in [7, 11) is 0. The molecule has 1 rings (SSSR count). The predicted octanol–water partition coefficient (Wildman–Crippen LogP) is 0.603. The van der Waals surface area contributed by atoms with Crippen LogP contribution in [0.25, 0.3) is 0 Å². The number of carbonyl (C=O) groups is 2. The van der Waals surface area contributed by atoms with Gasteiger partial charge in [-0.15, -0.1) is 0 Å². The van der Waals surface area contributed by atoms with Crippen molar-refractivity contribution in [3.05, 3.63) is 30.3 Å². The zero-order valence-electron chi connectivity index (χ0n) is 7.08. The van der Waals surface area contributed by atoms with E-state index >= 15 is 0 Å². The van der Waals surface area contributed by atoms with Gasteiger partial charge in [-0.3, -0.25) is 0 Å². The number of hydrogen-bond donors (Lipinski definition) is 2. The van der Waals surface area contributed by atoms with Crippen molar-refractivity contribution in [1.29, 1.82) is 0 Å². The number of benzene rings is 1. The smallest absolute Gasteiger partial charge is 0.356 e. The maximum atomic E-state index is 10.4. The number of rotatable bonds is 4. The van der Waals surface area contributed by atoms with Gasteiger partial charge in [0, 0.05) is 0 Å². The molecular formula is C9H8O5. The van der Waals surface area contributed by atoms with Gasteiger partial charge in [-0.25, -0.2) is 9.59 Å². The Kier molecular flexibility index (Phi) is 3.06. The van der Waals surface area contributed by atoms with Crippen molar-refractivity contribution in [3.8, 4) is 5.75 Å². The lowest BCUT2D eigenvalue weighted by Gasteiger charge is -2.09. The van der Waals surface area contributed by atoms with Crippen molar-refractivity contribution in [2.45, 2.75) is 6.10 Å². The van der Waals surface area contributed by atoms with Gasteiger partial charge < -0.3 is 14.9 Å². The van der Waals surface area contributed by atoms with E-state index in [2.05, 4.69) is 0 Å². The molecule has 0 radical (unpaired) electrons. The number of hydrogen-bond acceptors (Lipinski definition) is 3. The average molecular weight is 196 g/mol. The molecular weight excluding hydrogens is 188 g/mol. The van der Waals surface area contributed by atoms with E-state index in [0.717, 1.165) is 0 Å². The quantitative estimate of drug-likeness (QED) is 0.689. The first-order valence-corrected chi connectivity index (χ1v) is 3.78. The summed E-state index contributed by atoms with van der Waals surface area (Å²) in [6.45, 7) is 0. The number of carboxylic acids is 2. The highest BCUT2D eigenvalue weighted by Gasteiger charge is 2.27. The van der Waals surface area contributed by atoms with Crippen LogP contribution in [0.5, 0.6) is 5.75 Å². The molecule has 0 saturated heterocycles. The van der Waals surface area contributed by atoms with Crippen LogP contribution in [0.1, 0.15) is 0 Å². The molecule has 0 unspecified atom stereocenters. The van der Waals surface area contributed by atoms with Crippen LogP contribution < -0.4 is 4.74 Å². The van der Waals surface area contributed by atoms with E-state index in [1.807, 2.05) is 0 Å². The van der Waals surface area contributed by atoms with Crippen LogP contribution >= 0.6 is 0 Å². The normalized spacial score (nSPS) is 9.79. The predicted molar refractivity (Wildman–Crippen MR) is 46.1 cm³/mol. The lowest BCUT2D eigenvalue weighted by Crippen LogP contribution is -2.35. The van der Waals surface area contributed by atoms with E-state index < -0.39 is 18.0 Å². The van der Waals surface area contributed by atoms with E-state index in [-0.39, 0.29) is 5.75 Å². The summed E-state index contributed by atoms with van der Waals surface area (Å²) in [6.07, 6.45) is -1.86. The Bertz CT molecular complexity index is 318. The molecule has 0 amide bonds. The van der Waals surface area contributed by atoms with Crippen LogP contribution in [0.4, 0.5) is 0 Å². The van der Waals surface area contributed by atoms with Gasteiger partial charge in [0.15, 0.2) is 0 Å². The van der Waals surface area contributed by atoms with Crippen LogP contribution in [0, 0.1) is 0 Å². The minimum absolute atomic E-state index is 0.210.